The number of nitrogens with two attached hydrogens (primary N) is 1. The monoisotopic (exact) mass is 1160 g/mol. The van der Waals surface area contributed by atoms with Crippen LogP contribution in [-0.4, -0.2) is 156 Å². The molecule has 0 saturated carbocycles. The van der Waals surface area contributed by atoms with E-state index in [1.807, 2.05) is 82.3 Å². The average Bonchev–Trinajstić information content (AvgIpc) is 4.08. The highest BCUT2D eigenvalue weighted by Gasteiger charge is 2.46. The van der Waals surface area contributed by atoms with Crippen molar-refractivity contribution in [1.82, 2.24) is 46.9 Å². The van der Waals surface area contributed by atoms with Gasteiger partial charge in [-0.15, -0.1) is 0 Å². The first-order valence-electron chi connectivity index (χ1n) is 26.9. The molecule has 6 aliphatic heterocycles. The van der Waals surface area contributed by atoms with Crippen LogP contribution in [0, 0.1) is 17.8 Å². The number of aliphatic hydroxyl groups excluding tert-OH is 3. The standard InChI is InChI=1S/C21H28N4O5S.C18H18F3N3O2.C16H20N4O3S/c1-21(2,3)30-20(27)23-31(28,29)24-10-8-16(18(26)9-11-24)19-15-7-5-4-6-14(15)17-12-22-13-25(17)19;19-18(20,21)17(26)23-7-5-13(15(25)6-8-23)16-12-4-2-1-3-11(12)14-9-22-10-24(14)16;17-24(22,23)19-7-5-13(15(21)6-8-19)16-12-4-2-1-3-11(12)14-9-18-10-20(14)16/h4-7,12-13,16,18-19,26H,8-11H2,1-3H3,(H,23,27);1-4,9-10,13,15-16,25H,5-8H2;1-4,9-10,13,15-16,21H,5-8H2,(H2,17,22,23). The van der Waals surface area contributed by atoms with E-state index in [0.717, 1.165) is 55.4 Å². The highest BCUT2D eigenvalue weighted by atomic mass is 32.2. The summed E-state index contributed by atoms with van der Waals surface area (Å²) in [5.74, 6) is -2.41. The second kappa shape index (κ2) is 22.7. The molecule has 0 bridgehead atoms. The summed E-state index contributed by atoms with van der Waals surface area (Å²) in [4.78, 5) is 37.0. The topological polar surface area (TPSA) is 274 Å². The molecule has 0 radical (unpaired) electrons. The normalized spacial score (nSPS) is 25.6. The van der Waals surface area contributed by atoms with E-state index in [-0.39, 0.29) is 81.4 Å². The molecule has 9 atom stereocenters. The van der Waals surface area contributed by atoms with Crippen LogP contribution < -0.4 is 9.86 Å². The van der Waals surface area contributed by atoms with Crippen molar-refractivity contribution >= 4 is 32.4 Å². The van der Waals surface area contributed by atoms with E-state index in [2.05, 4.69) is 36.2 Å². The van der Waals surface area contributed by atoms with Crippen LogP contribution in [0.25, 0.3) is 33.8 Å². The summed E-state index contributed by atoms with van der Waals surface area (Å²) in [6.07, 6.45) is 4.68. The molecular weight excluding hydrogens is 1100 g/mol. The Morgan fingerprint density at radius 3 is 1.31 bits per heavy atom. The van der Waals surface area contributed by atoms with Gasteiger partial charge in [0.25, 0.3) is 10.2 Å². The number of halogens is 3. The Bertz CT molecular complexity index is 3490. The molecule has 26 heteroatoms. The van der Waals surface area contributed by atoms with E-state index in [1.54, 1.807) is 46.0 Å². The van der Waals surface area contributed by atoms with Gasteiger partial charge in [0.15, 0.2) is 0 Å². The third kappa shape index (κ3) is 11.8. The Morgan fingerprint density at radius 1 is 0.568 bits per heavy atom. The van der Waals surface area contributed by atoms with E-state index in [9.17, 15) is 54.9 Å². The van der Waals surface area contributed by atoms with Crippen LogP contribution in [0.15, 0.2) is 110 Å². The molecule has 3 saturated heterocycles. The van der Waals surface area contributed by atoms with Gasteiger partial charge in [-0.3, -0.25) is 4.79 Å². The minimum atomic E-state index is -4.89. The molecular formula is C55H66F3N11O10S2. The van der Waals surface area contributed by atoms with Crippen LogP contribution in [0.4, 0.5) is 18.0 Å². The number of likely N-dealkylation sites (tertiary alicyclic amines) is 1. The number of ether oxygens (including phenoxy) is 1. The predicted molar refractivity (Wildman–Crippen MR) is 291 cm³/mol. The lowest BCUT2D eigenvalue weighted by atomic mass is 9.85. The van der Waals surface area contributed by atoms with Gasteiger partial charge in [0.2, 0.25) is 0 Å². The maximum Gasteiger partial charge on any atom is 0.471 e. The molecule has 21 nitrogen and oxygen atoms in total. The molecule has 12 rings (SSSR count). The number of fused-ring (bicyclic) bond motifs is 9. The van der Waals surface area contributed by atoms with Crippen LogP contribution >= 0.6 is 0 Å². The van der Waals surface area contributed by atoms with Crippen molar-refractivity contribution in [3.8, 4) is 33.8 Å². The number of benzene rings is 3. The Labute approximate surface area is 467 Å². The summed E-state index contributed by atoms with van der Waals surface area (Å²) in [7, 11) is -7.81. The zero-order valence-corrected chi connectivity index (χ0v) is 46.5. The van der Waals surface area contributed by atoms with Gasteiger partial charge < -0.3 is 38.7 Å². The highest BCUT2D eigenvalue weighted by Crippen LogP contribution is 2.49. The molecule has 0 aliphatic carbocycles. The minimum absolute atomic E-state index is 0.0250. The van der Waals surface area contributed by atoms with Crippen molar-refractivity contribution in [2.45, 2.75) is 108 Å². The number of alkyl halides is 3. The second-order valence-corrected chi connectivity index (χ2v) is 25.5. The number of hydrogen-bond donors (Lipinski definition) is 5. The molecule has 3 aromatic carbocycles. The molecule has 9 unspecified atom stereocenters. The van der Waals surface area contributed by atoms with Gasteiger partial charge in [-0.05, 0) is 76.0 Å². The van der Waals surface area contributed by atoms with E-state index in [0.29, 0.717) is 32.2 Å². The Balaban J connectivity index is 0.000000138. The number of hydrogen-bond acceptors (Lipinski definition) is 13. The van der Waals surface area contributed by atoms with E-state index in [1.165, 1.54) is 8.61 Å². The number of imidazole rings is 3. The molecule has 434 valence electrons. The lowest BCUT2D eigenvalue weighted by molar-refractivity contribution is -0.185. The van der Waals surface area contributed by atoms with Gasteiger partial charge >= 0.3 is 28.4 Å². The van der Waals surface area contributed by atoms with Gasteiger partial charge in [-0.25, -0.2) is 29.6 Å². The molecule has 6 aliphatic rings. The van der Waals surface area contributed by atoms with Crippen molar-refractivity contribution < 1.29 is 59.7 Å². The van der Waals surface area contributed by atoms with Crippen LogP contribution in [0.5, 0.6) is 0 Å². The van der Waals surface area contributed by atoms with Crippen LogP contribution in [0.3, 0.4) is 0 Å². The van der Waals surface area contributed by atoms with Gasteiger partial charge in [-0.2, -0.15) is 38.6 Å². The Hall–Kier alpha value is -6.52. The zero-order valence-electron chi connectivity index (χ0n) is 44.8. The summed E-state index contributed by atoms with van der Waals surface area (Å²) in [6, 6.07) is 23.6. The lowest BCUT2D eigenvalue weighted by Crippen LogP contribution is -2.45. The number of carbonyl (C=O) groups is 2. The number of nitrogens with zero attached hydrogens (tertiary/aromatic N) is 9. The Morgan fingerprint density at radius 2 is 0.914 bits per heavy atom. The fourth-order valence-corrected chi connectivity index (χ4v) is 14.5. The molecule has 3 aromatic heterocycles. The smallest absolute Gasteiger partial charge is 0.443 e. The summed E-state index contributed by atoms with van der Waals surface area (Å²) in [6.45, 7) is 5.74. The summed E-state index contributed by atoms with van der Waals surface area (Å²) in [5, 5.41) is 37.5. The van der Waals surface area contributed by atoms with Crippen molar-refractivity contribution in [2.75, 3.05) is 39.3 Å². The first-order chi connectivity index (χ1) is 38.4. The van der Waals surface area contributed by atoms with Gasteiger partial charge in [0.1, 0.15) is 5.60 Å². The molecule has 0 spiro atoms. The number of amides is 2. The molecule has 6 aromatic rings. The SMILES string of the molecule is CC(C)(C)OC(=O)NS(=O)(=O)N1CCC(O)C(C2c3ccccc3-c3cncn32)CC1.NS(=O)(=O)N1CCC(O)C(C2c3ccccc3-c3cncn32)CC1.O=C(N1CCC(O)C(C2c3ccccc3-c3cncn32)CC1)C(F)(F)F. The second-order valence-electron chi connectivity index (χ2n) is 22.3. The van der Waals surface area contributed by atoms with Gasteiger partial charge in [0.05, 0.1) is 91.1 Å². The zero-order chi connectivity index (χ0) is 57.8. The summed E-state index contributed by atoms with van der Waals surface area (Å²) in [5.41, 5.74) is 8.68. The maximum absolute atomic E-state index is 12.7. The number of carbonyl (C=O) groups excluding carboxylic acids is 2. The Kier molecular flexibility index (Phi) is 16.2. The highest BCUT2D eigenvalue weighted by molar-refractivity contribution is 7.87. The van der Waals surface area contributed by atoms with Crippen LogP contribution in [0.1, 0.15) is 94.1 Å². The van der Waals surface area contributed by atoms with Crippen molar-refractivity contribution in [3.05, 3.63) is 127 Å². The molecule has 3 fully saturated rings. The number of rotatable bonds is 6. The first kappa shape index (κ1) is 57.7. The third-order valence-corrected chi connectivity index (χ3v) is 18.9. The predicted octanol–water partition coefficient (Wildman–Crippen LogP) is 5.64. The minimum Gasteiger partial charge on any atom is -0.443 e. The molecule has 2 amide bonds. The summed E-state index contributed by atoms with van der Waals surface area (Å²) < 4.78 is 103. The summed E-state index contributed by atoms with van der Waals surface area (Å²) >= 11 is 0. The van der Waals surface area contributed by atoms with E-state index < -0.39 is 62.5 Å². The first-order valence-corrected chi connectivity index (χ1v) is 29.9. The number of aliphatic hydroxyl groups is 3. The van der Waals surface area contributed by atoms with Crippen molar-refractivity contribution in [3.63, 3.8) is 0 Å². The maximum atomic E-state index is 12.7. The van der Waals surface area contributed by atoms with E-state index >= 15 is 0 Å². The quantitative estimate of drug-likeness (QED) is 0.135. The molecule has 81 heavy (non-hydrogen) atoms. The van der Waals surface area contributed by atoms with Crippen LogP contribution in [-0.2, 0) is 30.0 Å². The fourth-order valence-electron chi connectivity index (χ4n) is 12.7. The van der Waals surface area contributed by atoms with E-state index in [4.69, 9.17) is 9.88 Å². The number of nitrogens with one attached hydrogen (secondary N) is 1. The van der Waals surface area contributed by atoms with Gasteiger partial charge in [0, 0.05) is 73.7 Å². The average molecular weight is 1160 g/mol. The third-order valence-electron chi connectivity index (χ3n) is 16.3. The largest absolute Gasteiger partial charge is 0.471 e. The van der Waals surface area contributed by atoms with Crippen LogP contribution in [0.2, 0.25) is 0 Å². The van der Waals surface area contributed by atoms with Crippen molar-refractivity contribution in [2.24, 2.45) is 22.9 Å². The van der Waals surface area contributed by atoms with Gasteiger partial charge in [-0.1, -0.05) is 72.8 Å². The van der Waals surface area contributed by atoms with Crippen molar-refractivity contribution in [1.29, 1.82) is 0 Å². The fraction of sp³-hybridized carbons (Fsp3) is 0.473. The molecule has 9 heterocycles. The lowest BCUT2D eigenvalue weighted by Gasteiger charge is -2.28. The molecule has 6 N–H and O–H groups in total. The number of aromatic nitrogens is 6.